The molecule has 0 unspecified atom stereocenters. The number of nitrogens with zero attached hydrogens (tertiary/aromatic N) is 2. The van der Waals surface area contributed by atoms with Crippen LogP contribution >= 0.6 is 11.6 Å². The van der Waals surface area contributed by atoms with Gasteiger partial charge >= 0.3 is 0 Å². The van der Waals surface area contributed by atoms with Gasteiger partial charge in [0.25, 0.3) is 11.5 Å². The number of carbonyl (C=O) groups excluding carboxylic acids is 1. The van der Waals surface area contributed by atoms with Crippen molar-refractivity contribution >= 4 is 28.4 Å². The quantitative estimate of drug-likeness (QED) is 0.574. The molecule has 1 aromatic heterocycles. The first-order valence-corrected chi connectivity index (χ1v) is 10.9. The number of ether oxygens (including phenoxy) is 1. The van der Waals surface area contributed by atoms with Gasteiger partial charge in [-0.05, 0) is 36.7 Å². The van der Waals surface area contributed by atoms with Crippen molar-refractivity contribution in [1.82, 2.24) is 14.8 Å². The summed E-state index contributed by atoms with van der Waals surface area (Å²) in [5, 5.41) is 4.39. The van der Waals surface area contributed by atoms with Crippen LogP contribution in [0.4, 0.5) is 0 Å². The fourth-order valence-corrected chi connectivity index (χ4v) is 4.01. The fourth-order valence-electron chi connectivity index (χ4n) is 3.88. The average molecular weight is 440 g/mol. The molecule has 7 heteroatoms. The predicted octanol–water partition coefficient (Wildman–Crippen LogP) is 3.16. The Morgan fingerprint density at radius 2 is 1.81 bits per heavy atom. The molecule has 1 amide bonds. The monoisotopic (exact) mass is 439 g/mol. The van der Waals surface area contributed by atoms with E-state index < -0.39 is 0 Å². The zero-order valence-corrected chi connectivity index (χ0v) is 18.1. The zero-order valence-electron chi connectivity index (χ0n) is 17.4. The summed E-state index contributed by atoms with van der Waals surface area (Å²) in [5.74, 6) is -0.214. The molecule has 162 valence electrons. The van der Waals surface area contributed by atoms with Gasteiger partial charge in [0.15, 0.2) is 0 Å². The molecule has 1 N–H and O–H groups in total. The standard InChI is InChI=1S/C24H26ClN3O3/c25-19-8-6-18(7-9-19)17-28-22-5-2-1-4-20(22)21(16-23(28)29)24(30)26-10-3-11-27-12-14-31-15-13-27/h1-2,4-9,16H,3,10-15,17H2,(H,26,30). The molecule has 1 fully saturated rings. The molecular weight excluding hydrogens is 414 g/mol. The Morgan fingerprint density at radius 1 is 1.06 bits per heavy atom. The number of nitrogens with one attached hydrogen (secondary N) is 1. The highest BCUT2D eigenvalue weighted by Crippen LogP contribution is 2.19. The van der Waals surface area contributed by atoms with Crippen molar-refractivity contribution in [2.24, 2.45) is 0 Å². The maximum Gasteiger partial charge on any atom is 0.252 e. The van der Waals surface area contributed by atoms with E-state index in [1.54, 1.807) is 4.57 Å². The van der Waals surface area contributed by atoms with Gasteiger partial charge in [-0.2, -0.15) is 0 Å². The first kappa shape index (κ1) is 21.6. The van der Waals surface area contributed by atoms with E-state index in [0.717, 1.165) is 55.7 Å². The Hall–Kier alpha value is -2.67. The normalized spacial score (nSPS) is 14.6. The van der Waals surface area contributed by atoms with Crippen molar-refractivity contribution in [3.63, 3.8) is 0 Å². The van der Waals surface area contributed by atoms with Gasteiger partial charge in [-0.15, -0.1) is 0 Å². The average Bonchev–Trinajstić information content (AvgIpc) is 2.80. The number of aromatic nitrogens is 1. The number of hydrogen-bond acceptors (Lipinski definition) is 4. The molecule has 0 saturated carbocycles. The third kappa shape index (κ3) is 5.34. The molecule has 0 atom stereocenters. The molecule has 3 aromatic rings. The molecule has 4 rings (SSSR count). The van der Waals surface area contributed by atoms with E-state index in [4.69, 9.17) is 16.3 Å². The lowest BCUT2D eigenvalue weighted by Gasteiger charge is -2.26. The molecule has 1 aliphatic heterocycles. The van der Waals surface area contributed by atoms with Crippen molar-refractivity contribution in [3.8, 4) is 0 Å². The predicted molar refractivity (Wildman–Crippen MR) is 123 cm³/mol. The molecule has 0 spiro atoms. The van der Waals surface area contributed by atoms with E-state index in [-0.39, 0.29) is 11.5 Å². The second-order valence-electron chi connectivity index (χ2n) is 7.69. The number of benzene rings is 2. The number of para-hydroxylation sites is 1. The van der Waals surface area contributed by atoms with Crippen molar-refractivity contribution in [1.29, 1.82) is 0 Å². The van der Waals surface area contributed by atoms with Crippen LogP contribution < -0.4 is 10.9 Å². The number of halogens is 1. The molecule has 0 aliphatic carbocycles. The molecule has 1 saturated heterocycles. The second-order valence-corrected chi connectivity index (χ2v) is 8.13. The van der Waals surface area contributed by atoms with E-state index >= 15 is 0 Å². The Kier molecular flexibility index (Phi) is 7.02. The van der Waals surface area contributed by atoms with E-state index in [2.05, 4.69) is 10.2 Å². The summed E-state index contributed by atoms with van der Waals surface area (Å²) >= 11 is 5.97. The summed E-state index contributed by atoms with van der Waals surface area (Å²) in [6.45, 7) is 5.31. The van der Waals surface area contributed by atoms with Crippen LogP contribution in [0, 0.1) is 0 Å². The van der Waals surface area contributed by atoms with Crippen LogP contribution in [0.1, 0.15) is 22.3 Å². The Balaban J connectivity index is 1.49. The Bertz CT molecular complexity index is 1110. The topological polar surface area (TPSA) is 63.6 Å². The lowest BCUT2D eigenvalue weighted by Crippen LogP contribution is -2.38. The van der Waals surface area contributed by atoms with E-state index in [9.17, 15) is 9.59 Å². The summed E-state index contributed by atoms with van der Waals surface area (Å²) in [7, 11) is 0. The van der Waals surface area contributed by atoms with Crippen LogP contribution in [0.3, 0.4) is 0 Å². The van der Waals surface area contributed by atoms with Gasteiger partial charge in [0, 0.05) is 36.1 Å². The van der Waals surface area contributed by atoms with E-state index in [1.807, 2.05) is 48.5 Å². The first-order chi connectivity index (χ1) is 15.1. The number of hydrogen-bond donors (Lipinski definition) is 1. The second kappa shape index (κ2) is 10.1. The molecular formula is C24H26ClN3O3. The van der Waals surface area contributed by atoms with Gasteiger partial charge in [0.1, 0.15) is 0 Å². The van der Waals surface area contributed by atoms with Crippen molar-refractivity contribution in [2.75, 3.05) is 39.4 Å². The van der Waals surface area contributed by atoms with Crippen LogP contribution in [-0.2, 0) is 11.3 Å². The highest BCUT2D eigenvalue weighted by atomic mass is 35.5. The highest BCUT2D eigenvalue weighted by Gasteiger charge is 2.15. The van der Waals surface area contributed by atoms with Crippen LogP contribution in [0.2, 0.25) is 5.02 Å². The third-order valence-corrected chi connectivity index (χ3v) is 5.81. The third-order valence-electron chi connectivity index (χ3n) is 5.56. The smallest absolute Gasteiger partial charge is 0.252 e. The summed E-state index contributed by atoms with van der Waals surface area (Å²) < 4.78 is 7.05. The summed E-state index contributed by atoms with van der Waals surface area (Å²) in [5.41, 5.74) is 1.92. The minimum absolute atomic E-state index is 0.202. The lowest BCUT2D eigenvalue weighted by atomic mass is 10.1. The summed E-state index contributed by atoms with van der Waals surface area (Å²) in [6.07, 6.45) is 0.858. The van der Waals surface area contributed by atoms with Crippen molar-refractivity contribution < 1.29 is 9.53 Å². The minimum atomic E-state index is -0.214. The minimum Gasteiger partial charge on any atom is -0.379 e. The summed E-state index contributed by atoms with van der Waals surface area (Å²) in [4.78, 5) is 28.1. The van der Waals surface area contributed by atoms with Gasteiger partial charge in [0.05, 0.1) is 30.8 Å². The van der Waals surface area contributed by atoms with E-state index in [1.165, 1.54) is 6.07 Å². The lowest BCUT2D eigenvalue weighted by molar-refractivity contribution is 0.0374. The van der Waals surface area contributed by atoms with Crippen molar-refractivity contribution in [3.05, 3.63) is 81.1 Å². The highest BCUT2D eigenvalue weighted by molar-refractivity contribution is 6.30. The van der Waals surface area contributed by atoms with Gasteiger partial charge in [-0.25, -0.2) is 0 Å². The largest absolute Gasteiger partial charge is 0.379 e. The molecule has 2 heterocycles. The van der Waals surface area contributed by atoms with E-state index in [0.29, 0.717) is 23.7 Å². The Morgan fingerprint density at radius 3 is 2.58 bits per heavy atom. The molecule has 6 nitrogen and oxygen atoms in total. The molecule has 0 bridgehead atoms. The number of morpholine rings is 1. The zero-order chi connectivity index (χ0) is 21.6. The molecule has 2 aromatic carbocycles. The first-order valence-electron chi connectivity index (χ1n) is 10.6. The molecule has 31 heavy (non-hydrogen) atoms. The molecule has 0 radical (unpaired) electrons. The SMILES string of the molecule is O=C(NCCCN1CCOCC1)c1cc(=O)n(Cc2ccc(Cl)cc2)c2ccccc12. The van der Waals surface area contributed by atoms with Crippen LogP contribution in [-0.4, -0.2) is 54.8 Å². The maximum absolute atomic E-state index is 12.9. The number of fused-ring (bicyclic) bond motifs is 1. The Labute approximate surface area is 186 Å². The van der Waals surface area contributed by atoms with Gasteiger partial charge in [0.2, 0.25) is 0 Å². The number of rotatable bonds is 7. The van der Waals surface area contributed by atoms with Crippen molar-refractivity contribution in [2.45, 2.75) is 13.0 Å². The van der Waals surface area contributed by atoms with Gasteiger partial charge in [-0.1, -0.05) is 41.9 Å². The van der Waals surface area contributed by atoms with Gasteiger partial charge in [-0.3, -0.25) is 14.5 Å². The maximum atomic E-state index is 12.9. The number of carbonyl (C=O) groups is 1. The summed E-state index contributed by atoms with van der Waals surface area (Å²) in [6, 6.07) is 16.4. The van der Waals surface area contributed by atoms with Gasteiger partial charge < -0.3 is 14.6 Å². The molecule has 1 aliphatic rings. The van der Waals surface area contributed by atoms with Crippen LogP contribution in [0.25, 0.3) is 10.9 Å². The van der Waals surface area contributed by atoms with Crippen LogP contribution in [0.15, 0.2) is 59.4 Å². The number of pyridine rings is 1. The fraction of sp³-hybridized carbons (Fsp3) is 0.333. The number of amides is 1. The van der Waals surface area contributed by atoms with Crippen LogP contribution in [0.5, 0.6) is 0 Å².